The molecule has 13 heteroatoms. The molecule has 2 amide bonds. The maximum absolute atomic E-state index is 11.9. The summed E-state index contributed by atoms with van der Waals surface area (Å²) in [7, 11) is 0. The summed E-state index contributed by atoms with van der Waals surface area (Å²) in [6, 6.07) is 0. The van der Waals surface area contributed by atoms with Crippen molar-refractivity contribution in [3.63, 3.8) is 0 Å². The van der Waals surface area contributed by atoms with Gasteiger partial charge in [-0.3, -0.25) is 9.69 Å². The van der Waals surface area contributed by atoms with Crippen molar-refractivity contribution < 1.29 is 38.2 Å². The normalized spacial score (nSPS) is 10.2. The van der Waals surface area contributed by atoms with Crippen LogP contribution in [0.5, 0.6) is 0 Å². The van der Waals surface area contributed by atoms with E-state index in [2.05, 4.69) is 20.6 Å². The van der Waals surface area contributed by atoms with Gasteiger partial charge in [-0.2, -0.15) is 0 Å². The Morgan fingerprint density at radius 3 is 1.61 bits per heavy atom. The third-order valence-electron chi connectivity index (χ3n) is 5.28. The van der Waals surface area contributed by atoms with Gasteiger partial charge in [0.1, 0.15) is 13.2 Å². The molecule has 216 valence electrons. The lowest BCUT2D eigenvalue weighted by atomic mass is 10.2. The highest BCUT2D eigenvalue weighted by atomic mass is 16.6. The lowest BCUT2D eigenvalue weighted by Crippen LogP contribution is -2.36. The Balaban J connectivity index is 4.13. The molecule has 0 atom stereocenters. The van der Waals surface area contributed by atoms with E-state index < -0.39 is 12.2 Å². The average molecular weight is 542 g/mol. The Labute approximate surface area is 224 Å². The largest absolute Gasteiger partial charge is 0.466 e. The maximum Gasteiger partial charge on any atom is 0.407 e. The number of amides is 2. The van der Waals surface area contributed by atoms with E-state index in [0.717, 1.165) is 51.4 Å². The van der Waals surface area contributed by atoms with Gasteiger partial charge in [0.2, 0.25) is 12.2 Å². The van der Waals surface area contributed by atoms with E-state index in [1.165, 1.54) is 12.2 Å². The molecule has 38 heavy (non-hydrogen) atoms. The van der Waals surface area contributed by atoms with Crippen molar-refractivity contribution in [2.45, 2.75) is 64.7 Å². The van der Waals surface area contributed by atoms with Gasteiger partial charge in [-0.1, -0.05) is 25.7 Å². The molecule has 0 aliphatic heterocycles. The number of esters is 1. The first-order chi connectivity index (χ1) is 18.5. The maximum atomic E-state index is 11.9. The quantitative estimate of drug-likeness (QED) is 0.0614. The number of alkyl carbamates (subject to hydrolysis) is 2. The predicted molar refractivity (Wildman–Crippen MR) is 139 cm³/mol. The predicted octanol–water partition coefficient (Wildman–Crippen LogP) is 2.49. The van der Waals surface area contributed by atoms with Crippen molar-refractivity contribution in [1.82, 2.24) is 15.5 Å². The Bertz CT molecular complexity index is 689. The second kappa shape index (κ2) is 26.8. The van der Waals surface area contributed by atoms with Gasteiger partial charge in [0.25, 0.3) is 0 Å². The van der Waals surface area contributed by atoms with Crippen LogP contribution in [0.15, 0.2) is 9.98 Å². The van der Waals surface area contributed by atoms with Crippen LogP contribution in [0, 0.1) is 0 Å². The third-order valence-corrected chi connectivity index (χ3v) is 5.28. The number of unbranched alkanes of at least 4 members (excludes halogenated alkanes) is 6. The second-order valence-electron chi connectivity index (χ2n) is 8.30. The van der Waals surface area contributed by atoms with E-state index in [-0.39, 0.29) is 25.6 Å². The fourth-order valence-electron chi connectivity index (χ4n) is 3.27. The molecule has 0 fully saturated rings. The molecule has 13 nitrogen and oxygen atoms in total. The summed E-state index contributed by atoms with van der Waals surface area (Å²) in [6.45, 7) is 5.28. The molecule has 0 spiro atoms. The van der Waals surface area contributed by atoms with Crippen molar-refractivity contribution in [2.24, 2.45) is 9.98 Å². The number of aliphatic imine (C=N–C) groups is 2. The van der Waals surface area contributed by atoms with E-state index in [1.807, 2.05) is 4.90 Å². The summed E-state index contributed by atoms with van der Waals surface area (Å²) < 4.78 is 15.4. The van der Waals surface area contributed by atoms with Gasteiger partial charge >= 0.3 is 18.2 Å². The Morgan fingerprint density at radius 2 is 1.16 bits per heavy atom. The molecule has 0 bridgehead atoms. The Morgan fingerprint density at radius 1 is 0.684 bits per heavy atom. The highest BCUT2D eigenvalue weighted by Crippen LogP contribution is 2.00. The first-order valence-electron chi connectivity index (χ1n) is 13.3. The third kappa shape index (κ3) is 24.4. The zero-order chi connectivity index (χ0) is 28.1. The van der Waals surface area contributed by atoms with Crippen LogP contribution in [0.25, 0.3) is 0 Å². The van der Waals surface area contributed by atoms with E-state index in [4.69, 9.17) is 14.2 Å². The average Bonchev–Trinajstić information content (AvgIpc) is 2.90. The minimum absolute atomic E-state index is 0.114. The zero-order valence-electron chi connectivity index (χ0n) is 22.5. The Kier molecular flexibility index (Phi) is 24.5. The second-order valence-corrected chi connectivity index (χ2v) is 8.30. The summed E-state index contributed by atoms with van der Waals surface area (Å²) in [5, 5.41) is 5.37. The van der Waals surface area contributed by atoms with Crippen LogP contribution in [0.3, 0.4) is 0 Å². The molecule has 0 aliphatic carbocycles. The summed E-state index contributed by atoms with van der Waals surface area (Å²) >= 11 is 0. The fraction of sp³-hybridized carbons (Fsp3) is 0.800. The fourth-order valence-corrected chi connectivity index (χ4v) is 3.27. The number of isocyanates is 2. The molecule has 0 aromatic heterocycles. The molecule has 0 saturated heterocycles. The standard InChI is InChI=1S/C25H43N5O8/c1-2-36-23(33)11-16-30(17-19-37-24(34)28-14-9-5-3-7-12-26-21-31)18-20-38-25(35)29-15-10-6-4-8-13-27-22-32/h2-20H2,1H3,(H,28,34)(H,29,35). The van der Waals surface area contributed by atoms with E-state index in [0.29, 0.717) is 52.4 Å². The van der Waals surface area contributed by atoms with Crippen LogP contribution in [0.1, 0.15) is 64.7 Å². The first kappa shape index (κ1) is 34.7. The minimum Gasteiger partial charge on any atom is -0.466 e. The van der Waals surface area contributed by atoms with Gasteiger partial charge in [0, 0.05) is 32.7 Å². The topological polar surface area (TPSA) is 165 Å². The number of hydrogen-bond donors (Lipinski definition) is 2. The highest BCUT2D eigenvalue weighted by Gasteiger charge is 2.12. The van der Waals surface area contributed by atoms with Gasteiger partial charge in [-0.05, 0) is 32.6 Å². The molecule has 0 aliphatic rings. The van der Waals surface area contributed by atoms with Crippen molar-refractivity contribution in [3.05, 3.63) is 0 Å². The highest BCUT2D eigenvalue weighted by molar-refractivity contribution is 5.69. The molecule has 0 radical (unpaired) electrons. The molecule has 0 rings (SSSR count). The zero-order valence-corrected chi connectivity index (χ0v) is 22.5. The van der Waals surface area contributed by atoms with E-state index in [1.54, 1.807) is 6.92 Å². The van der Waals surface area contributed by atoms with Gasteiger partial charge in [-0.25, -0.2) is 29.2 Å². The number of hydrogen-bond acceptors (Lipinski definition) is 11. The van der Waals surface area contributed by atoms with Gasteiger partial charge < -0.3 is 24.8 Å². The molecular formula is C25H43N5O8. The van der Waals surface area contributed by atoms with Crippen molar-refractivity contribution in [1.29, 1.82) is 0 Å². The Hall–Kier alpha value is -3.27. The number of carbonyl (C=O) groups excluding carboxylic acids is 5. The molecule has 0 saturated carbocycles. The number of ether oxygens (including phenoxy) is 3. The summed E-state index contributed by atoms with van der Waals surface area (Å²) in [6.07, 6.45) is 8.99. The number of carbonyl (C=O) groups is 3. The molecular weight excluding hydrogens is 498 g/mol. The van der Waals surface area contributed by atoms with Crippen LogP contribution in [0.2, 0.25) is 0 Å². The SMILES string of the molecule is CCOC(=O)CCN(CCOC(=O)NCCCCCCN=C=O)CCOC(=O)NCCCCCCN=C=O. The van der Waals surface area contributed by atoms with Crippen LogP contribution in [-0.4, -0.2) is 101 Å². The molecule has 0 aromatic rings. The number of nitrogens with one attached hydrogen (secondary N) is 2. The lowest BCUT2D eigenvalue weighted by molar-refractivity contribution is -0.143. The molecule has 0 heterocycles. The number of nitrogens with zero attached hydrogens (tertiary/aromatic N) is 3. The summed E-state index contributed by atoms with van der Waals surface area (Å²) in [4.78, 5) is 64.3. The lowest BCUT2D eigenvalue weighted by Gasteiger charge is -2.21. The van der Waals surface area contributed by atoms with Crippen LogP contribution < -0.4 is 10.6 Å². The van der Waals surface area contributed by atoms with Gasteiger partial charge in [-0.15, -0.1) is 0 Å². The molecule has 0 unspecified atom stereocenters. The van der Waals surface area contributed by atoms with Crippen LogP contribution >= 0.6 is 0 Å². The summed E-state index contributed by atoms with van der Waals surface area (Å²) in [5.74, 6) is -0.328. The van der Waals surface area contributed by atoms with Crippen LogP contribution in [0.4, 0.5) is 9.59 Å². The minimum atomic E-state index is -0.520. The van der Waals surface area contributed by atoms with Gasteiger partial charge in [0.15, 0.2) is 0 Å². The first-order valence-corrected chi connectivity index (χ1v) is 13.3. The van der Waals surface area contributed by atoms with Gasteiger partial charge in [0.05, 0.1) is 26.1 Å². The molecule has 2 N–H and O–H groups in total. The monoisotopic (exact) mass is 541 g/mol. The van der Waals surface area contributed by atoms with Crippen LogP contribution in [-0.2, 0) is 28.6 Å². The van der Waals surface area contributed by atoms with Crippen molar-refractivity contribution in [2.75, 3.05) is 65.6 Å². The van der Waals surface area contributed by atoms with Crippen molar-refractivity contribution >= 4 is 30.3 Å². The molecule has 0 aromatic carbocycles. The van der Waals surface area contributed by atoms with E-state index in [9.17, 15) is 24.0 Å². The summed E-state index contributed by atoms with van der Waals surface area (Å²) in [5.41, 5.74) is 0. The van der Waals surface area contributed by atoms with E-state index >= 15 is 0 Å². The smallest absolute Gasteiger partial charge is 0.407 e. The van der Waals surface area contributed by atoms with Crippen molar-refractivity contribution in [3.8, 4) is 0 Å². The number of rotatable bonds is 24.